The Balaban J connectivity index is 4.50. The van der Waals surface area contributed by atoms with Crippen LogP contribution in [-0.4, -0.2) is 34.6 Å². The quantitative estimate of drug-likeness (QED) is 0.538. The summed E-state index contributed by atoms with van der Waals surface area (Å²) in [6.45, 7) is 6.63. The van der Waals surface area contributed by atoms with Gasteiger partial charge in [0.15, 0.2) is 0 Å². The highest BCUT2D eigenvalue weighted by Crippen LogP contribution is 2.08. The number of carboxylic acid groups (broad SMARTS) is 1. The van der Waals surface area contributed by atoms with Crippen LogP contribution in [0.2, 0.25) is 0 Å². The molecule has 18 heavy (non-hydrogen) atoms. The molecule has 104 valence electrons. The third kappa shape index (κ3) is 6.07. The van der Waals surface area contributed by atoms with E-state index in [4.69, 9.17) is 10.8 Å². The first-order valence-electron chi connectivity index (χ1n) is 5.65. The van der Waals surface area contributed by atoms with Crippen molar-refractivity contribution in [2.45, 2.75) is 45.7 Å². The van der Waals surface area contributed by atoms with Crippen molar-refractivity contribution in [3.8, 4) is 0 Å². The van der Waals surface area contributed by atoms with Crippen molar-refractivity contribution in [3.05, 3.63) is 0 Å². The number of carboxylic acids is 1. The molecule has 0 aromatic carbocycles. The lowest BCUT2D eigenvalue weighted by molar-refractivity contribution is -0.140. The van der Waals surface area contributed by atoms with Crippen LogP contribution in [0.25, 0.3) is 0 Å². The smallest absolute Gasteiger partial charge is 0.326 e. The fourth-order valence-corrected chi connectivity index (χ4v) is 1.48. The molecule has 0 radical (unpaired) electrons. The molecule has 0 aliphatic rings. The van der Waals surface area contributed by atoms with Crippen molar-refractivity contribution in [1.29, 1.82) is 0 Å². The van der Waals surface area contributed by atoms with Gasteiger partial charge in [0, 0.05) is 12.0 Å². The molecule has 5 N–H and O–H groups in total. The highest BCUT2D eigenvalue weighted by molar-refractivity contribution is 5.83. The second-order valence-corrected chi connectivity index (χ2v) is 5.19. The standard InChI is InChI=1S/C11H21N3O4/c1-6(2)8(9(16)17)13-10(18)14-11(3,4)5-7(12)15/h6,8H,5H2,1-4H3,(H2,12,15)(H,16,17)(H2,13,14,18)/t8-/m0/s1. The number of nitrogens with two attached hydrogens (primary N) is 1. The van der Waals surface area contributed by atoms with Gasteiger partial charge in [-0.25, -0.2) is 9.59 Å². The summed E-state index contributed by atoms with van der Waals surface area (Å²) in [6.07, 6.45) is -0.0279. The SMILES string of the molecule is CC(C)[C@H](NC(=O)NC(C)(C)CC(N)=O)C(=O)O. The molecule has 0 rings (SSSR count). The molecule has 0 aliphatic carbocycles. The molecule has 7 heteroatoms. The summed E-state index contributed by atoms with van der Waals surface area (Å²) < 4.78 is 0. The van der Waals surface area contributed by atoms with Gasteiger partial charge < -0.3 is 21.5 Å². The summed E-state index contributed by atoms with van der Waals surface area (Å²) in [6, 6.07) is -1.61. The van der Waals surface area contributed by atoms with E-state index in [0.29, 0.717) is 0 Å². The normalized spacial score (nSPS) is 12.9. The second-order valence-electron chi connectivity index (χ2n) is 5.19. The average Bonchev–Trinajstić information content (AvgIpc) is 2.09. The van der Waals surface area contributed by atoms with Crippen LogP contribution in [0.5, 0.6) is 0 Å². The molecule has 0 heterocycles. The number of carbonyl (C=O) groups excluding carboxylic acids is 2. The number of primary amides is 1. The van der Waals surface area contributed by atoms with Crippen LogP contribution < -0.4 is 16.4 Å². The molecule has 0 saturated carbocycles. The summed E-state index contributed by atoms with van der Waals surface area (Å²) >= 11 is 0. The van der Waals surface area contributed by atoms with Crippen LogP contribution in [0.4, 0.5) is 4.79 Å². The van der Waals surface area contributed by atoms with Crippen LogP contribution in [0.15, 0.2) is 0 Å². The minimum atomic E-state index is -1.10. The summed E-state index contributed by atoms with van der Waals surface area (Å²) in [5, 5.41) is 13.8. The van der Waals surface area contributed by atoms with E-state index in [2.05, 4.69) is 10.6 Å². The van der Waals surface area contributed by atoms with E-state index in [9.17, 15) is 14.4 Å². The molecule has 0 saturated heterocycles. The van der Waals surface area contributed by atoms with Gasteiger partial charge in [0.2, 0.25) is 5.91 Å². The lowest BCUT2D eigenvalue weighted by Crippen LogP contribution is -2.55. The van der Waals surface area contributed by atoms with Crippen molar-refractivity contribution in [1.82, 2.24) is 10.6 Å². The van der Waals surface area contributed by atoms with Crippen LogP contribution >= 0.6 is 0 Å². The highest BCUT2D eigenvalue weighted by atomic mass is 16.4. The molecule has 3 amide bonds. The van der Waals surface area contributed by atoms with Crippen LogP contribution in [0.1, 0.15) is 34.1 Å². The highest BCUT2D eigenvalue weighted by Gasteiger charge is 2.27. The van der Waals surface area contributed by atoms with E-state index in [1.807, 2.05) is 0 Å². The first kappa shape index (κ1) is 16.2. The Morgan fingerprint density at radius 1 is 1.28 bits per heavy atom. The van der Waals surface area contributed by atoms with E-state index >= 15 is 0 Å². The molecule has 0 unspecified atom stereocenters. The first-order valence-corrected chi connectivity index (χ1v) is 5.65. The van der Waals surface area contributed by atoms with E-state index in [0.717, 1.165) is 0 Å². The fourth-order valence-electron chi connectivity index (χ4n) is 1.48. The average molecular weight is 259 g/mol. The predicted octanol–water partition coefficient (Wildman–Crippen LogP) is 0.0488. The van der Waals surface area contributed by atoms with Gasteiger partial charge in [0.1, 0.15) is 6.04 Å². The number of nitrogens with one attached hydrogen (secondary N) is 2. The van der Waals surface area contributed by atoms with Gasteiger partial charge >= 0.3 is 12.0 Å². The third-order valence-corrected chi connectivity index (χ3v) is 2.29. The zero-order valence-electron chi connectivity index (χ0n) is 11.1. The topological polar surface area (TPSA) is 122 Å². The Kier molecular flexibility index (Phi) is 5.61. The Hall–Kier alpha value is -1.79. The number of hydrogen-bond donors (Lipinski definition) is 4. The van der Waals surface area contributed by atoms with Crippen molar-refractivity contribution in [3.63, 3.8) is 0 Å². The van der Waals surface area contributed by atoms with Crippen molar-refractivity contribution < 1.29 is 19.5 Å². The van der Waals surface area contributed by atoms with Gasteiger partial charge in [0.05, 0.1) is 0 Å². The molecular formula is C11H21N3O4. The number of amides is 3. The van der Waals surface area contributed by atoms with Crippen LogP contribution in [0, 0.1) is 5.92 Å². The number of hydrogen-bond acceptors (Lipinski definition) is 3. The molecule has 0 aliphatic heterocycles. The zero-order chi connectivity index (χ0) is 14.5. The fraction of sp³-hybridized carbons (Fsp3) is 0.727. The molecule has 0 aromatic heterocycles. The number of rotatable bonds is 6. The van der Waals surface area contributed by atoms with E-state index in [-0.39, 0.29) is 12.3 Å². The Morgan fingerprint density at radius 2 is 1.78 bits per heavy atom. The minimum Gasteiger partial charge on any atom is -0.480 e. The molecule has 0 bridgehead atoms. The van der Waals surface area contributed by atoms with Crippen molar-refractivity contribution >= 4 is 17.9 Å². The number of carbonyl (C=O) groups is 3. The van der Waals surface area contributed by atoms with Gasteiger partial charge in [-0.15, -0.1) is 0 Å². The summed E-state index contributed by atoms with van der Waals surface area (Å²) in [4.78, 5) is 33.3. The Bertz CT molecular complexity index is 339. The molecule has 0 spiro atoms. The maximum absolute atomic E-state index is 11.6. The summed E-state index contributed by atoms with van der Waals surface area (Å²) in [7, 11) is 0. The van der Waals surface area contributed by atoms with Gasteiger partial charge in [0.25, 0.3) is 0 Å². The molecule has 1 atom stereocenters. The first-order chi connectivity index (χ1) is 8.05. The monoisotopic (exact) mass is 259 g/mol. The zero-order valence-corrected chi connectivity index (χ0v) is 11.1. The molecular weight excluding hydrogens is 238 g/mol. The van der Waals surface area contributed by atoms with Crippen molar-refractivity contribution in [2.75, 3.05) is 0 Å². The van der Waals surface area contributed by atoms with E-state index in [1.54, 1.807) is 27.7 Å². The van der Waals surface area contributed by atoms with E-state index < -0.39 is 29.5 Å². The maximum atomic E-state index is 11.6. The van der Waals surface area contributed by atoms with Crippen LogP contribution in [0.3, 0.4) is 0 Å². The maximum Gasteiger partial charge on any atom is 0.326 e. The number of aliphatic carboxylic acids is 1. The third-order valence-electron chi connectivity index (χ3n) is 2.29. The summed E-state index contributed by atoms with van der Waals surface area (Å²) in [5.74, 6) is -1.89. The largest absolute Gasteiger partial charge is 0.480 e. The van der Waals surface area contributed by atoms with E-state index in [1.165, 1.54) is 0 Å². The second kappa shape index (κ2) is 6.23. The molecule has 0 aromatic rings. The van der Waals surface area contributed by atoms with Gasteiger partial charge in [-0.05, 0) is 19.8 Å². The predicted molar refractivity (Wildman–Crippen MR) is 65.8 cm³/mol. The molecule has 7 nitrogen and oxygen atoms in total. The number of urea groups is 1. The van der Waals surface area contributed by atoms with Crippen molar-refractivity contribution in [2.24, 2.45) is 11.7 Å². The van der Waals surface area contributed by atoms with Gasteiger partial charge in [-0.2, -0.15) is 0 Å². The lowest BCUT2D eigenvalue weighted by atomic mass is 10.0. The van der Waals surface area contributed by atoms with Gasteiger partial charge in [-0.1, -0.05) is 13.8 Å². The minimum absolute atomic E-state index is 0.0279. The lowest BCUT2D eigenvalue weighted by Gasteiger charge is -2.26. The molecule has 0 fully saturated rings. The van der Waals surface area contributed by atoms with Crippen LogP contribution in [-0.2, 0) is 9.59 Å². The summed E-state index contributed by atoms with van der Waals surface area (Å²) in [5.41, 5.74) is 4.22. The Morgan fingerprint density at radius 3 is 2.11 bits per heavy atom. The van der Waals surface area contributed by atoms with Gasteiger partial charge in [-0.3, -0.25) is 4.79 Å². The Labute approximate surface area is 106 Å².